The normalized spacial score (nSPS) is 11.1. The summed E-state index contributed by atoms with van der Waals surface area (Å²) in [4.78, 5) is 0. The second kappa shape index (κ2) is 4.07. The highest BCUT2D eigenvalue weighted by atomic mass is 15.0. The highest BCUT2D eigenvalue weighted by Crippen LogP contribution is 2.21. The van der Waals surface area contributed by atoms with Gasteiger partial charge in [-0.15, -0.1) is 0 Å². The Hall–Kier alpha value is -1.28. The van der Waals surface area contributed by atoms with Crippen molar-refractivity contribution in [1.82, 2.24) is 4.57 Å². The molecule has 0 saturated heterocycles. The Morgan fingerprint density at radius 3 is 2.73 bits per heavy atom. The molecule has 0 radical (unpaired) electrons. The van der Waals surface area contributed by atoms with Gasteiger partial charge in [0.15, 0.2) is 0 Å². The van der Waals surface area contributed by atoms with Gasteiger partial charge in [-0.25, -0.2) is 0 Å². The van der Waals surface area contributed by atoms with Gasteiger partial charge in [0, 0.05) is 23.1 Å². The molecule has 0 saturated carbocycles. The first-order chi connectivity index (χ1) is 7.26. The minimum absolute atomic E-state index is 0.721. The summed E-state index contributed by atoms with van der Waals surface area (Å²) in [5, 5.41) is 1.33. The lowest BCUT2D eigenvalue weighted by Crippen LogP contribution is -2.02. The van der Waals surface area contributed by atoms with Crippen LogP contribution < -0.4 is 5.73 Å². The van der Waals surface area contributed by atoms with Crippen LogP contribution >= 0.6 is 0 Å². The predicted octanol–water partition coefficient (Wildman–Crippen LogP) is 2.47. The summed E-state index contributed by atoms with van der Waals surface area (Å²) in [7, 11) is 0. The molecule has 1 aromatic carbocycles. The highest BCUT2D eigenvalue weighted by molar-refractivity contribution is 5.82. The fraction of sp³-hybridized carbons (Fsp3) is 0.385. The molecule has 2 nitrogen and oxygen atoms in total. The van der Waals surface area contributed by atoms with Crippen molar-refractivity contribution in [3.05, 3.63) is 35.5 Å². The molecule has 0 fully saturated rings. The van der Waals surface area contributed by atoms with Gasteiger partial charge in [-0.2, -0.15) is 0 Å². The van der Waals surface area contributed by atoms with Gasteiger partial charge >= 0.3 is 0 Å². The zero-order valence-electron chi connectivity index (χ0n) is 9.46. The van der Waals surface area contributed by atoms with Crippen LogP contribution in [0, 0.1) is 6.92 Å². The molecule has 15 heavy (non-hydrogen) atoms. The number of rotatable bonds is 3. The Morgan fingerprint density at radius 1 is 1.27 bits per heavy atom. The van der Waals surface area contributed by atoms with Crippen molar-refractivity contribution in [2.45, 2.75) is 26.8 Å². The van der Waals surface area contributed by atoms with Crippen molar-refractivity contribution < 1.29 is 0 Å². The molecular formula is C13H18N2. The smallest absolute Gasteiger partial charge is 0.0482 e. The molecule has 2 aromatic rings. The van der Waals surface area contributed by atoms with Crippen LogP contribution in [0.15, 0.2) is 24.3 Å². The molecule has 0 unspecified atom stereocenters. The zero-order chi connectivity index (χ0) is 10.8. The second-order valence-corrected chi connectivity index (χ2v) is 3.96. The average molecular weight is 202 g/mol. The molecule has 0 spiro atoms. The van der Waals surface area contributed by atoms with Crippen LogP contribution in [-0.2, 0) is 13.0 Å². The Labute approximate surface area is 90.7 Å². The van der Waals surface area contributed by atoms with Gasteiger partial charge in [0.25, 0.3) is 0 Å². The second-order valence-electron chi connectivity index (χ2n) is 3.96. The zero-order valence-corrected chi connectivity index (χ0v) is 9.46. The van der Waals surface area contributed by atoms with Crippen LogP contribution in [0.1, 0.15) is 18.2 Å². The van der Waals surface area contributed by atoms with Crippen molar-refractivity contribution in [3.8, 4) is 0 Å². The Morgan fingerprint density at radius 2 is 2.07 bits per heavy atom. The maximum atomic E-state index is 5.56. The molecule has 0 aliphatic carbocycles. The SMILES string of the molecule is CCn1c(C)cc2cc(CCN)ccc21. The Bertz CT molecular complexity index is 469. The molecule has 80 valence electrons. The summed E-state index contributed by atoms with van der Waals surface area (Å²) in [5.41, 5.74) is 9.55. The largest absolute Gasteiger partial charge is 0.345 e. The third-order valence-corrected chi connectivity index (χ3v) is 2.92. The standard InChI is InChI=1S/C13H18N2/c1-3-15-10(2)8-12-9-11(6-7-14)4-5-13(12)15/h4-5,8-9H,3,6-7,14H2,1-2H3. The molecule has 0 bridgehead atoms. The van der Waals surface area contributed by atoms with E-state index < -0.39 is 0 Å². The summed E-state index contributed by atoms with van der Waals surface area (Å²) in [6.07, 6.45) is 0.965. The fourth-order valence-corrected chi connectivity index (χ4v) is 2.20. The summed E-state index contributed by atoms with van der Waals surface area (Å²) in [5.74, 6) is 0. The fourth-order valence-electron chi connectivity index (χ4n) is 2.20. The average Bonchev–Trinajstić information content (AvgIpc) is 2.53. The first-order valence-corrected chi connectivity index (χ1v) is 5.55. The quantitative estimate of drug-likeness (QED) is 0.814. The topological polar surface area (TPSA) is 30.9 Å². The van der Waals surface area contributed by atoms with E-state index in [-0.39, 0.29) is 0 Å². The van der Waals surface area contributed by atoms with E-state index in [2.05, 4.69) is 42.7 Å². The number of nitrogens with zero attached hydrogens (tertiary/aromatic N) is 1. The van der Waals surface area contributed by atoms with Crippen molar-refractivity contribution in [3.63, 3.8) is 0 Å². The third-order valence-electron chi connectivity index (χ3n) is 2.92. The van der Waals surface area contributed by atoms with E-state index in [1.165, 1.54) is 22.2 Å². The monoisotopic (exact) mass is 202 g/mol. The van der Waals surface area contributed by atoms with Crippen LogP contribution in [-0.4, -0.2) is 11.1 Å². The van der Waals surface area contributed by atoms with E-state index in [9.17, 15) is 0 Å². The van der Waals surface area contributed by atoms with Crippen LogP contribution in [0.5, 0.6) is 0 Å². The summed E-state index contributed by atoms with van der Waals surface area (Å²) >= 11 is 0. The van der Waals surface area contributed by atoms with Gasteiger partial charge in [0.2, 0.25) is 0 Å². The van der Waals surface area contributed by atoms with Crippen molar-refractivity contribution in [2.75, 3.05) is 6.54 Å². The number of aryl methyl sites for hydroxylation is 2. The van der Waals surface area contributed by atoms with Gasteiger partial charge < -0.3 is 10.3 Å². The molecule has 0 atom stereocenters. The Kier molecular flexibility index (Phi) is 2.78. The number of nitrogens with two attached hydrogens (primary N) is 1. The first kappa shape index (κ1) is 10.2. The van der Waals surface area contributed by atoms with Gasteiger partial charge in [0.1, 0.15) is 0 Å². The lowest BCUT2D eigenvalue weighted by molar-refractivity contribution is 0.769. The molecule has 1 aromatic heterocycles. The van der Waals surface area contributed by atoms with Crippen molar-refractivity contribution >= 4 is 10.9 Å². The van der Waals surface area contributed by atoms with Gasteiger partial charge in [0.05, 0.1) is 0 Å². The van der Waals surface area contributed by atoms with E-state index in [0.29, 0.717) is 0 Å². The molecular weight excluding hydrogens is 184 g/mol. The minimum Gasteiger partial charge on any atom is -0.345 e. The number of fused-ring (bicyclic) bond motifs is 1. The van der Waals surface area contributed by atoms with E-state index in [0.717, 1.165) is 19.5 Å². The molecule has 1 heterocycles. The molecule has 2 N–H and O–H groups in total. The third kappa shape index (κ3) is 1.77. The maximum absolute atomic E-state index is 5.56. The minimum atomic E-state index is 0.721. The summed E-state index contributed by atoms with van der Waals surface area (Å²) in [6.45, 7) is 6.09. The summed E-state index contributed by atoms with van der Waals surface area (Å²) < 4.78 is 2.33. The molecule has 0 aliphatic rings. The molecule has 0 aliphatic heterocycles. The van der Waals surface area contributed by atoms with Crippen LogP contribution in [0.3, 0.4) is 0 Å². The van der Waals surface area contributed by atoms with Crippen molar-refractivity contribution in [2.24, 2.45) is 5.73 Å². The van der Waals surface area contributed by atoms with Gasteiger partial charge in [-0.1, -0.05) is 6.07 Å². The molecule has 0 amide bonds. The first-order valence-electron chi connectivity index (χ1n) is 5.55. The molecule has 2 rings (SSSR count). The van der Waals surface area contributed by atoms with Crippen LogP contribution in [0.25, 0.3) is 10.9 Å². The highest BCUT2D eigenvalue weighted by Gasteiger charge is 2.04. The van der Waals surface area contributed by atoms with Crippen LogP contribution in [0.4, 0.5) is 0 Å². The summed E-state index contributed by atoms with van der Waals surface area (Å²) in [6, 6.07) is 8.89. The lowest BCUT2D eigenvalue weighted by atomic mass is 10.1. The number of benzene rings is 1. The number of hydrogen-bond donors (Lipinski definition) is 1. The Balaban J connectivity index is 2.54. The molecule has 2 heteroatoms. The van der Waals surface area contributed by atoms with Crippen molar-refractivity contribution in [1.29, 1.82) is 0 Å². The van der Waals surface area contributed by atoms with E-state index in [1.807, 2.05) is 0 Å². The van der Waals surface area contributed by atoms with E-state index in [1.54, 1.807) is 0 Å². The van der Waals surface area contributed by atoms with Gasteiger partial charge in [-0.3, -0.25) is 0 Å². The van der Waals surface area contributed by atoms with Crippen LogP contribution in [0.2, 0.25) is 0 Å². The lowest BCUT2D eigenvalue weighted by Gasteiger charge is -2.04. The number of hydrogen-bond acceptors (Lipinski definition) is 1. The maximum Gasteiger partial charge on any atom is 0.0482 e. The van der Waals surface area contributed by atoms with E-state index in [4.69, 9.17) is 5.73 Å². The number of aromatic nitrogens is 1. The van der Waals surface area contributed by atoms with E-state index >= 15 is 0 Å². The predicted molar refractivity (Wildman–Crippen MR) is 65.1 cm³/mol. The van der Waals surface area contributed by atoms with Gasteiger partial charge in [-0.05, 0) is 50.6 Å².